The number of fused-ring (bicyclic) bond motifs is 8. The average molecular weight is 819 g/mol. The van der Waals surface area contributed by atoms with Gasteiger partial charge in [-0.25, -0.2) is 9.97 Å². The molecule has 1 saturated heterocycles. The van der Waals surface area contributed by atoms with E-state index in [9.17, 15) is 10.1 Å². The lowest BCUT2D eigenvalue weighted by Crippen LogP contribution is -2.31. The Hall–Kier alpha value is -7.94. The van der Waals surface area contributed by atoms with E-state index in [1.165, 1.54) is 0 Å². The minimum atomic E-state index is -0.926. The van der Waals surface area contributed by atoms with Crippen LogP contribution in [-0.4, -0.2) is 49.4 Å². The van der Waals surface area contributed by atoms with Crippen molar-refractivity contribution >= 4 is 46.4 Å². The van der Waals surface area contributed by atoms with Crippen molar-refractivity contribution in [1.29, 1.82) is 0 Å². The summed E-state index contributed by atoms with van der Waals surface area (Å²) in [5.41, 5.74) is 16.0. The zero-order valence-corrected chi connectivity index (χ0v) is 34.5. The number of nitrogens with one attached hydrogen (secondary N) is 2. The van der Waals surface area contributed by atoms with E-state index in [4.69, 9.17) is 9.97 Å². The molecule has 304 valence electrons. The van der Waals surface area contributed by atoms with Gasteiger partial charge in [-0.3, -0.25) is 15.0 Å². The summed E-state index contributed by atoms with van der Waals surface area (Å²) in [4.78, 5) is 34.3. The molecule has 0 spiro atoms. The second kappa shape index (κ2) is 15.8. The maximum atomic E-state index is 13.5. The smallest absolute Gasteiger partial charge is 0.240 e. The van der Waals surface area contributed by atoms with Gasteiger partial charge in [0, 0.05) is 55.8 Å². The third-order valence-corrected chi connectivity index (χ3v) is 12.6. The van der Waals surface area contributed by atoms with Gasteiger partial charge in [0.25, 0.3) is 0 Å². The second-order valence-electron chi connectivity index (χ2n) is 16.4. The minimum Gasteiger partial charge on any atom is -0.354 e. The molecule has 8 bridgehead atoms. The Morgan fingerprint density at radius 3 is 1.48 bits per heavy atom. The standard InChI is InChI=1S/C55H42N6O2/c1-60-34-41(35-17-7-2-8-18-35)55(61(62)63)54(60)40-33-48-51(38-23-13-5-14-24-38)46-30-29-44(57-46)49(36-19-9-3-10-20-36)42-27-28-43(56-42)50(37-21-11-4-12-22-37)45-31-32-47(58-45)52(53(40)59-48)39-25-15-6-16-26-39/h2-33,41,54-55,57,59H,34H2,1H3/t41-,54+,55-/m0/s1. The monoisotopic (exact) mass is 818 g/mol. The lowest BCUT2D eigenvalue weighted by atomic mass is 9.88. The van der Waals surface area contributed by atoms with E-state index < -0.39 is 12.1 Å². The molecule has 2 N–H and O–H groups in total. The SMILES string of the molecule is CN1C[C@@H](c2ccccc2)[C@H]([N+](=O)[O-])[C@H]1c1cc2[nH]c1c(-c1ccccc1)c1nc(c(-c3ccccc3)c3nc(c(-c4ccccc4)c4ccc([nH]4)c2-c2ccccc2)C=C3)C=C1. The summed E-state index contributed by atoms with van der Waals surface area (Å²) in [5.74, 6) is -0.326. The third kappa shape index (κ3) is 6.77. The molecular weight excluding hydrogens is 777 g/mol. The molecule has 3 atom stereocenters. The Labute approximate surface area is 364 Å². The largest absolute Gasteiger partial charge is 0.354 e. The van der Waals surface area contributed by atoms with Gasteiger partial charge in [0.05, 0.1) is 34.2 Å². The zero-order valence-electron chi connectivity index (χ0n) is 34.5. The molecule has 0 saturated carbocycles. The molecule has 11 rings (SSSR count). The maximum absolute atomic E-state index is 13.5. The van der Waals surface area contributed by atoms with E-state index in [1.807, 2.05) is 98.0 Å². The van der Waals surface area contributed by atoms with Crippen LogP contribution in [0.25, 0.3) is 90.9 Å². The van der Waals surface area contributed by atoms with Crippen molar-refractivity contribution in [3.8, 4) is 44.5 Å². The van der Waals surface area contributed by atoms with E-state index in [0.29, 0.717) is 6.54 Å². The Morgan fingerprint density at radius 1 is 0.524 bits per heavy atom. The Morgan fingerprint density at radius 2 is 0.952 bits per heavy atom. The van der Waals surface area contributed by atoms with Gasteiger partial charge in [-0.1, -0.05) is 152 Å². The van der Waals surface area contributed by atoms with Crippen LogP contribution >= 0.6 is 0 Å². The summed E-state index contributed by atoms with van der Waals surface area (Å²) in [6.07, 6.45) is 8.33. The minimum absolute atomic E-state index is 0.0685. The van der Waals surface area contributed by atoms with Crippen molar-refractivity contribution in [3.05, 3.63) is 214 Å². The number of likely N-dealkylation sites (N-methyl/N-ethyl adjacent to an activating group) is 1. The molecule has 6 heterocycles. The lowest BCUT2D eigenvalue weighted by molar-refractivity contribution is -0.528. The third-order valence-electron chi connectivity index (χ3n) is 12.6. The van der Waals surface area contributed by atoms with Gasteiger partial charge in [-0.2, -0.15) is 0 Å². The summed E-state index contributed by atoms with van der Waals surface area (Å²) < 4.78 is 0. The van der Waals surface area contributed by atoms with Crippen LogP contribution in [0.1, 0.15) is 45.9 Å². The summed E-state index contributed by atoms with van der Waals surface area (Å²) in [6, 6.07) is 56.1. The number of benzene rings is 5. The first-order chi connectivity index (χ1) is 31.0. The molecule has 8 aromatic rings. The molecule has 8 heteroatoms. The number of H-pyrrole nitrogens is 2. The Kier molecular flexibility index (Phi) is 9.55. The molecule has 8 nitrogen and oxygen atoms in total. The molecule has 0 amide bonds. The number of nitrogens with zero attached hydrogens (tertiary/aromatic N) is 4. The van der Waals surface area contributed by atoms with Crippen LogP contribution in [0.2, 0.25) is 0 Å². The van der Waals surface area contributed by atoms with Crippen molar-refractivity contribution in [2.24, 2.45) is 0 Å². The van der Waals surface area contributed by atoms with Crippen molar-refractivity contribution in [3.63, 3.8) is 0 Å². The number of hydrogen-bond acceptors (Lipinski definition) is 5. The van der Waals surface area contributed by atoms with Crippen molar-refractivity contribution < 1.29 is 4.92 Å². The first-order valence-electron chi connectivity index (χ1n) is 21.3. The van der Waals surface area contributed by atoms with E-state index >= 15 is 0 Å². The van der Waals surface area contributed by atoms with Gasteiger partial charge < -0.3 is 9.97 Å². The molecule has 63 heavy (non-hydrogen) atoms. The van der Waals surface area contributed by atoms with Crippen LogP contribution in [-0.2, 0) is 0 Å². The number of nitro groups is 1. The molecule has 0 radical (unpaired) electrons. The lowest BCUT2D eigenvalue weighted by Gasteiger charge is -2.21. The maximum Gasteiger partial charge on any atom is 0.240 e. The van der Waals surface area contributed by atoms with Crippen LogP contribution in [0.3, 0.4) is 0 Å². The molecule has 0 unspecified atom stereocenters. The first kappa shape index (κ1) is 38.0. The van der Waals surface area contributed by atoms with Gasteiger partial charge in [-0.05, 0) is 77.4 Å². The summed E-state index contributed by atoms with van der Waals surface area (Å²) in [7, 11) is 2.01. The van der Waals surface area contributed by atoms with Crippen molar-refractivity contribution in [1.82, 2.24) is 24.8 Å². The van der Waals surface area contributed by atoms with Gasteiger partial charge in [0.2, 0.25) is 6.04 Å². The normalized spacial score (nSPS) is 17.0. The first-order valence-corrected chi connectivity index (χ1v) is 21.3. The predicted octanol–water partition coefficient (Wildman–Crippen LogP) is 12.7. The molecular formula is C55H42N6O2. The van der Waals surface area contributed by atoms with Gasteiger partial charge >= 0.3 is 0 Å². The van der Waals surface area contributed by atoms with Crippen LogP contribution in [0, 0.1) is 10.1 Å². The van der Waals surface area contributed by atoms with E-state index in [1.54, 1.807) is 0 Å². The fourth-order valence-electron chi connectivity index (χ4n) is 9.88. The fourth-order valence-corrected chi connectivity index (χ4v) is 9.88. The molecule has 3 aromatic heterocycles. The highest BCUT2D eigenvalue weighted by atomic mass is 16.6. The molecule has 5 aromatic carbocycles. The fraction of sp³-hybridized carbons (Fsp3) is 0.0909. The summed E-state index contributed by atoms with van der Waals surface area (Å²) in [6.45, 7) is 0.525. The quantitative estimate of drug-likeness (QED) is 0.123. The van der Waals surface area contributed by atoms with Gasteiger partial charge in [-0.15, -0.1) is 0 Å². The highest BCUT2D eigenvalue weighted by molar-refractivity contribution is 6.01. The van der Waals surface area contributed by atoms with E-state index in [0.717, 1.165) is 100 Å². The topological polar surface area (TPSA) is 104 Å². The average Bonchev–Trinajstić information content (AvgIpc) is 4.19. The number of hydrogen-bond donors (Lipinski definition) is 2. The van der Waals surface area contributed by atoms with Crippen LogP contribution in [0.15, 0.2) is 170 Å². The summed E-state index contributed by atoms with van der Waals surface area (Å²) >= 11 is 0. The molecule has 3 aliphatic rings. The molecule has 1 fully saturated rings. The predicted molar refractivity (Wildman–Crippen MR) is 256 cm³/mol. The van der Waals surface area contributed by atoms with E-state index in [2.05, 4.69) is 118 Å². The zero-order chi connectivity index (χ0) is 42.4. The Balaban J connectivity index is 1.33. The molecule has 3 aliphatic heterocycles. The second-order valence-corrected chi connectivity index (χ2v) is 16.4. The van der Waals surface area contributed by atoms with E-state index in [-0.39, 0.29) is 10.8 Å². The van der Waals surface area contributed by atoms with Crippen molar-refractivity contribution in [2.75, 3.05) is 13.6 Å². The van der Waals surface area contributed by atoms with Crippen molar-refractivity contribution in [2.45, 2.75) is 18.0 Å². The highest BCUT2D eigenvalue weighted by Crippen LogP contribution is 2.47. The van der Waals surface area contributed by atoms with Crippen LogP contribution in [0.4, 0.5) is 0 Å². The summed E-state index contributed by atoms with van der Waals surface area (Å²) in [5, 5.41) is 13.5. The highest BCUT2D eigenvalue weighted by Gasteiger charge is 2.50. The number of aromatic nitrogens is 4. The van der Waals surface area contributed by atoms with Crippen LogP contribution in [0.5, 0.6) is 0 Å². The molecule has 0 aliphatic carbocycles. The number of aromatic amines is 2. The Bertz CT molecular complexity index is 3250. The van der Waals surface area contributed by atoms with Crippen LogP contribution < -0.4 is 0 Å². The van der Waals surface area contributed by atoms with Gasteiger partial charge in [0.1, 0.15) is 6.04 Å². The number of rotatable bonds is 7. The number of likely N-dealkylation sites (tertiary alicyclic amines) is 1. The van der Waals surface area contributed by atoms with Gasteiger partial charge in [0.15, 0.2) is 0 Å².